The van der Waals surface area contributed by atoms with Crippen LogP contribution in [0, 0.1) is 11.8 Å². The summed E-state index contributed by atoms with van der Waals surface area (Å²) in [4.78, 5) is 27.1. The number of carbonyl (C=O) groups excluding carboxylic acids is 2. The van der Waals surface area contributed by atoms with Crippen molar-refractivity contribution in [1.82, 2.24) is 0 Å². The van der Waals surface area contributed by atoms with Crippen LogP contribution in [0.4, 0.5) is 5.69 Å². The van der Waals surface area contributed by atoms with E-state index >= 15 is 0 Å². The highest BCUT2D eigenvalue weighted by atomic mass is 16.5. The Morgan fingerprint density at radius 3 is 2.61 bits per heavy atom. The molecule has 0 saturated carbocycles. The monoisotopic (exact) mass is 319 g/mol. The summed E-state index contributed by atoms with van der Waals surface area (Å²) in [7, 11) is 1.60. The summed E-state index contributed by atoms with van der Waals surface area (Å²) in [5, 5.41) is 0. The molecule has 126 valence electrons. The van der Waals surface area contributed by atoms with Crippen molar-refractivity contribution in [2.45, 2.75) is 33.6 Å². The number of nitrogens with zero attached hydrogens (tertiary/aromatic N) is 1. The summed E-state index contributed by atoms with van der Waals surface area (Å²) in [5.41, 5.74) is 1.82. The van der Waals surface area contributed by atoms with Gasteiger partial charge < -0.3 is 14.4 Å². The first-order chi connectivity index (χ1) is 11.1. The summed E-state index contributed by atoms with van der Waals surface area (Å²) >= 11 is 0. The van der Waals surface area contributed by atoms with E-state index in [9.17, 15) is 9.59 Å². The van der Waals surface area contributed by atoms with Crippen LogP contribution in [0.1, 0.15) is 32.8 Å². The number of hydrogen-bond donors (Lipinski definition) is 0. The number of benzene rings is 1. The van der Waals surface area contributed by atoms with Crippen LogP contribution in [0.5, 0.6) is 5.75 Å². The van der Waals surface area contributed by atoms with Gasteiger partial charge in [0.2, 0.25) is 5.91 Å². The standard InChI is InChI=1S/C18H25NO4/c1-5-14-15(18(21)23-7-3)10-12-8-9-13(22-4)11-16(12)19(6-2)17(14)20/h8-9,11,14-15H,5-7,10H2,1-4H3/t14-,15+/m1/s1. The maximum Gasteiger partial charge on any atom is 0.310 e. The number of amides is 1. The number of methoxy groups -OCH3 is 1. The third-order valence-electron chi connectivity index (χ3n) is 4.44. The van der Waals surface area contributed by atoms with Crippen molar-refractivity contribution < 1.29 is 19.1 Å². The topological polar surface area (TPSA) is 55.8 Å². The second-order valence-corrected chi connectivity index (χ2v) is 5.65. The summed E-state index contributed by atoms with van der Waals surface area (Å²) < 4.78 is 10.5. The summed E-state index contributed by atoms with van der Waals surface area (Å²) in [6, 6.07) is 5.68. The first-order valence-electron chi connectivity index (χ1n) is 8.22. The van der Waals surface area contributed by atoms with Crippen molar-refractivity contribution >= 4 is 17.6 Å². The van der Waals surface area contributed by atoms with Crippen LogP contribution in [-0.2, 0) is 20.7 Å². The molecule has 1 aliphatic rings. The molecule has 0 aliphatic carbocycles. The lowest BCUT2D eigenvalue weighted by atomic mass is 9.85. The van der Waals surface area contributed by atoms with Gasteiger partial charge >= 0.3 is 5.97 Å². The van der Waals surface area contributed by atoms with E-state index < -0.39 is 5.92 Å². The Bertz CT molecular complexity index is 584. The quantitative estimate of drug-likeness (QED) is 0.783. The summed E-state index contributed by atoms with van der Waals surface area (Å²) in [6.45, 7) is 6.56. The SMILES string of the molecule is CCOC(=O)[C@H]1Cc2ccc(OC)cc2N(CC)C(=O)[C@@H]1CC. The minimum Gasteiger partial charge on any atom is -0.497 e. The lowest BCUT2D eigenvalue weighted by Crippen LogP contribution is -2.40. The third-order valence-corrected chi connectivity index (χ3v) is 4.44. The van der Waals surface area contributed by atoms with Crippen LogP contribution < -0.4 is 9.64 Å². The van der Waals surface area contributed by atoms with Gasteiger partial charge in [-0.15, -0.1) is 0 Å². The van der Waals surface area contributed by atoms with E-state index in [0.29, 0.717) is 31.7 Å². The van der Waals surface area contributed by atoms with Crippen LogP contribution in [0.25, 0.3) is 0 Å². The smallest absolute Gasteiger partial charge is 0.310 e. The highest BCUT2D eigenvalue weighted by molar-refractivity contribution is 5.99. The van der Waals surface area contributed by atoms with Crippen LogP contribution in [0.3, 0.4) is 0 Å². The Morgan fingerprint density at radius 1 is 1.30 bits per heavy atom. The normalized spacial score (nSPS) is 20.7. The molecule has 0 radical (unpaired) electrons. The van der Waals surface area contributed by atoms with E-state index in [1.807, 2.05) is 32.0 Å². The molecular formula is C18H25NO4. The molecule has 2 rings (SSSR count). The maximum absolute atomic E-state index is 13.0. The van der Waals surface area contributed by atoms with E-state index in [2.05, 4.69) is 0 Å². The van der Waals surface area contributed by atoms with Crippen molar-refractivity contribution in [1.29, 1.82) is 0 Å². The zero-order valence-electron chi connectivity index (χ0n) is 14.3. The molecule has 1 aliphatic heterocycles. The van der Waals surface area contributed by atoms with E-state index in [4.69, 9.17) is 9.47 Å². The molecule has 0 aromatic heterocycles. The molecule has 1 amide bonds. The Balaban J connectivity index is 2.50. The van der Waals surface area contributed by atoms with Gasteiger partial charge in [-0.1, -0.05) is 13.0 Å². The number of carbonyl (C=O) groups is 2. The minimum atomic E-state index is -0.434. The lowest BCUT2D eigenvalue weighted by molar-refractivity contribution is -0.152. The van der Waals surface area contributed by atoms with E-state index in [-0.39, 0.29) is 17.8 Å². The van der Waals surface area contributed by atoms with Crippen LogP contribution >= 0.6 is 0 Å². The number of hydrogen-bond acceptors (Lipinski definition) is 4. The molecule has 0 fully saturated rings. The molecule has 1 aromatic rings. The van der Waals surface area contributed by atoms with Crippen LogP contribution in [0.2, 0.25) is 0 Å². The molecule has 0 unspecified atom stereocenters. The fraction of sp³-hybridized carbons (Fsp3) is 0.556. The average Bonchev–Trinajstić information content (AvgIpc) is 2.67. The van der Waals surface area contributed by atoms with Gasteiger partial charge in [-0.05, 0) is 38.3 Å². The van der Waals surface area contributed by atoms with Gasteiger partial charge in [0.15, 0.2) is 0 Å². The van der Waals surface area contributed by atoms with Gasteiger partial charge in [0.05, 0.1) is 31.2 Å². The van der Waals surface area contributed by atoms with Gasteiger partial charge in [-0.2, -0.15) is 0 Å². The van der Waals surface area contributed by atoms with Crippen molar-refractivity contribution in [3.63, 3.8) is 0 Å². The number of ether oxygens (including phenoxy) is 2. The van der Waals surface area contributed by atoms with Gasteiger partial charge in [-0.25, -0.2) is 0 Å². The fourth-order valence-corrected chi connectivity index (χ4v) is 3.25. The van der Waals surface area contributed by atoms with E-state index in [1.165, 1.54) is 0 Å². The predicted octanol–water partition coefficient (Wildman–Crippen LogP) is 2.81. The Kier molecular flexibility index (Phi) is 5.64. The molecule has 0 N–H and O–H groups in total. The molecule has 0 spiro atoms. The van der Waals surface area contributed by atoms with Crippen molar-refractivity contribution in [2.75, 3.05) is 25.2 Å². The molecule has 2 atom stereocenters. The molecule has 0 saturated heterocycles. The maximum atomic E-state index is 13.0. The zero-order chi connectivity index (χ0) is 17.0. The van der Waals surface area contributed by atoms with Crippen molar-refractivity contribution in [3.8, 4) is 5.75 Å². The summed E-state index contributed by atoms with van der Waals surface area (Å²) in [5.74, 6) is -0.381. The van der Waals surface area contributed by atoms with Gasteiger partial charge in [-0.3, -0.25) is 9.59 Å². The fourth-order valence-electron chi connectivity index (χ4n) is 3.25. The van der Waals surface area contributed by atoms with Gasteiger partial charge in [0.25, 0.3) is 0 Å². The zero-order valence-corrected chi connectivity index (χ0v) is 14.3. The molecule has 5 heteroatoms. The molecule has 1 heterocycles. The van der Waals surface area contributed by atoms with Gasteiger partial charge in [0.1, 0.15) is 5.75 Å². The largest absolute Gasteiger partial charge is 0.497 e. The first kappa shape index (κ1) is 17.3. The second-order valence-electron chi connectivity index (χ2n) is 5.65. The molecule has 5 nitrogen and oxygen atoms in total. The van der Waals surface area contributed by atoms with E-state index in [1.54, 1.807) is 18.9 Å². The highest BCUT2D eigenvalue weighted by Crippen LogP contribution is 2.36. The molecule has 0 bridgehead atoms. The average molecular weight is 319 g/mol. The number of anilines is 1. The lowest BCUT2D eigenvalue weighted by Gasteiger charge is -2.26. The van der Waals surface area contributed by atoms with Crippen molar-refractivity contribution in [2.24, 2.45) is 11.8 Å². The minimum absolute atomic E-state index is 0.0138. The highest BCUT2D eigenvalue weighted by Gasteiger charge is 2.39. The first-order valence-corrected chi connectivity index (χ1v) is 8.22. The van der Waals surface area contributed by atoms with E-state index in [0.717, 1.165) is 11.3 Å². The number of fused-ring (bicyclic) bond motifs is 1. The number of esters is 1. The van der Waals surface area contributed by atoms with Crippen LogP contribution in [0.15, 0.2) is 18.2 Å². The Labute approximate surface area is 137 Å². The Hall–Kier alpha value is -2.04. The Morgan fingerprint density at radius 2 is 2.04 bits per heavy atom. The molecule has 1 aromatic carbocycles. The van der Waals surface area contributed by atoms with Crippen molar-refractivity contribution in [3.05, 3.63) is 23.8 Å². The molecular weight excluding hydrogens is 294 g/mol. The predicted molar refractivity (Wildman–Crippen MR) is 88.6 cm³/mol. The molecule has 23 heavy (non-hydrogen) atoms. The number of rotatable bonds is 5. The third kappa shape index (κ3) is 3.33. The van der Waals surface area contributed by atoms with Crippen LogP contribution in [-0.4, -0.2) is 32.1 Å². The summed E-state index contributed by atoms with van der Waals surface area (Å²) in [6.07, 6.45) is 1.13. The second kappa shape index (κ2) is 7.49. The van der Waals surface area contributed by atoms with Gasteiger partial charge in [0, 0.05) is 12.6 Å².